The first kappa shape index (κ1) is 16.5. The van der Waals surface area contributed by atoms with Crippen LogP contribution in [0.15, 0.2) is 0 Å². The average Bonchev–Trinajstić information content (AvgIpc) is 2.41. The first-order valence-electron chi connectivity index (χ1n) is 8.13. The van der Waals surface area contributed by atoms with Crippen LogP contribution < -0.4 is 11.1 Å². The Labute approximate surface area is 118 Å². The van der Waals surface area contributed by atoms with E-state index < -0.39 is 0 Å². The summed E-state index contributed by atoms with van der Waals surface area (Å²) in [4.78, 5) is 12.3. The molecule has 1 amide bonds. The number of unbranched alkanes of at least 4 members (excludes halogenated alkanes) is 1. The van der Waals surface area contributed by atoms with E-state index in [9.17, 15) is 4.79 Å². The molecule has 0 aromatic rings. The molecule has 0 aromatic heterocycles. The largest absolute Gasteiger partial charge is 0.356 e. The molecule has 1 rings (SSSR count). The van der Waals surface area contributed by atoms with Gasteiger partial charge in [-0.3, -0.25) is 4.79 Å². The summed E-state index contributed by atoms with van der Waals surface area (Å²) in [7, 11) is 0. The Morgan fingerprint density at radius 1 is 1.21 bits per heavy atom. The highest BCUT2D eigenvalue weighted by molar-refractivity contribution is 5.78. The maximum absolute atomic E-state index is 12.3. The minimum atomic E-state index is 0.195. The van der Waals surface area contributed by atoms with Crippen molar-refractivity contribution in [2.45, 2.75) is 65.2 Å². The van der Waals surface area contributed by atoms with Crippen molar-refractivity contribution >= 4 is 5.91 Å². The van der Waals surface area contributed by atoms with E-state index in [-0.39, 0.29) is 11.8 Å². The van der Waals surface area contributed by atoms with Crippen LogP contribution in [0, 0.1) is 17.8 Å². The van der Waals surface area contributed by atoms with Crippen molar-refractivity contribution in [1.29, 1.82) is 0 Å². The number of hydrogen-bond acceptors (Lipinski definition) is 2. The van der Waals surface area contributed by atoms with E-state index in [4.69, 9.17) is 5.73 Å². The standard InChI is InChI=1S/C16H32N2O/c1-13(2)15(12-14-8-4-3-5-9-14)16(19)18-11-7-6-10-17/h13-15H,3-12,17H2,1-2H3,(H,18,19). The van der Waals surface area contributed by atoms with Gasteiger partial charge in [-0.15, -0.1) is 0 Å². The second-order valence-corrected chi connectivity index (χ2v) is 6.38. The number of amides is 1. The molecule has 1 unspecified atom stereocenters. The van der Waals surface area contributed by atoms with Gasteiger partial charge in [0.2, 0.25) is 5.91 Å². The summed E-state index contributed by atoms with van der Waals surface area (Å²) in [5, 5.41) is 3.09. The van der Waals surface area contributed by atoms with Crippen LogP contribution in [-0.2, 0) is 4.79 Å². The van der Waals surface area contributed by atoms with Gasteiger partial charge in [-0.25, -0.2) is 0 Å². The van der Waals surface area contributed by atoms with Crippen LogP contribution in [0.5, 0.6) is 0 Å². The quantitative estimate of drug-likeness (QED) is 0.665. The predicted molar refractivity (Wildman–Crippen MR) is 80.8 cm³/mol. The van der Waals surface area contributed by atoms with Crippen LogP contribution in [0.1, 0.15) is 65.2 Å². The first-order valence-corrected chi connectivity index (χ1v) is 8.13. The van der Waals surface area contributed by atoms with Gasteiger partial charge in [-0.1, -0.05) is 46.0 Å². The molecule has 19 heavy (non-hydrogen) atoms. The molecule has 0 saturated heterocycles. The lowest BCUT2D eigenvalue weighted by molar-refractivity contribution is -0.127. The molecule has 0 spiro atoms. The first-order chi connectivity index (χ1) is 9.15. The molecule has 1 saturated carbocycles. The molecule has 3 N–H and O–H groups in total. The Balaban J connectivity index is 2.35. The molecule has 0 heterocycles. The number of nitrogens with one attached hydrogen (secondary N) is 1. The Kier molecular flexibility index (Phi) is 8.11. The van der Waals surface area contributed by atoms with Crippen molar-refractivity contribution in [3.05, 3.63) is 0 Å². The Morgan fingerprint density at radius 3 is 2.47 bits per heavy atom. The van der Waals surface area contributed by atoms with Gasteiger partial charge in [0.05, 0.1) is 0 Å². The minimum absolute atomic E-state index is 0.195. The summed E-state index contributed by atoms with van der Waals surface area (Å²) in [6.07, 6.45) is 9.81. The normalized spacial score (nSPS) is 18.5. The zero-order valence-corrected chi connectivity index (χ0v) is 12.8. The third-order valence-electron chi connectivity index (χ3n) is 4.38. The molecule has 1 aliphatic carbocycles. The molecule has 3 heteroatoms. The van der Waals surface area contributed by atoms with Crippen LogP contribution in [0.4, 0.5) is 0 Å². The molecule has 0 aliphatic heterocycles. The maximum atomic E-state index is 12.3. The fourth-order valence-corrected chi connectivity index (χ4v) is 3.08. The van der Waals surface area contributed by atoms with E-state index in [1.807, 2.05) is 0 Å². The number of nitrogens with two attached hydrogens (primary N) is 1. The average molecular weight is 268 g/mol. The summed E-state index contributed by atoms with van der Waals surface area (Å²) < 4.78 is 0. The van der Waals surface area contributed by atoms with Gasteiger partial charge in [0.15, 0.2) is 0 Å². The molecule has 0 aromatic carbocycles. The van der Waals surface area contributed by atoms with E-state index in [2.05, 4.69) is 19.2 Å². The number of carbonyl (C=O) groups excluding carboxylic acids is 1. The Morgan fingerprint density at radius 2 is 1.89 bits per heavy atom. The molecule has 3 nitrogen and oxygen atoms in total. The molecule has 112 valence electrons. The van der Waals surface area contributed by atoms with E-state index in [1.54, 1.807) is 0 Å². The zero-order chi connectivity index (χ0) is 14.1. The van der Waals surface area contributed by atoms with Gasteiger partial charge >= 0.3 is 0 Å². The van der Waals surface area contributed by atoms with Crippen LogP contribution >= 0.6 is 0 Å². The molecule has 0 radical (unpaired) electrons. The van der Waals surface area contributed by atoms with Crippen LogP contribution in [0.3, 0.4) is 0 Å². The van der Waals surface area contributed by atoms with Crippen molar-refractivity contribution in [2.75, 3.05) is 13.1 Å². The molecule has 1 atom stereocenters. The number of hydrogen-bond donors (Lipinski definition) is 2. The molecule has 1 aliphatic rings. The van der Waals surface area contributed by atoms with Crippen molar-refractivity contribution in [2.24, 2.45) is 23.5 Å². The van der Waals surface area contributed by atoms with Crippen LogP contribution in [0.2, 0.25) is 0 Å². The van der Waals surface area contributed by atoms with E-state index in [0.29, 0.717) is 12.5 Å². The third-order valence-corrected chi connectivity index (χ3v) is 4.38. The molecule has 1 fully saturated rings. The van der Waals surface area contributed by atoms with Crippen molar-refractivity contribution in [3.8, 4) is 0 Å². The second kappa shape index (κ2) is 9.35. The van der Waals surface area contributed by atoms with Crippen LogP contribution in [-0.4, -0.2) is 19.0 Å². The van der Waals surface area contributed by atoms with Crippen molar-refractivity contribution < 1.29 is 4.79 Å². The van der Waals surface area contributed by atoms with Gasteiger partial charge in [0, 0.05) is 12.5 Å². The van der Waals surface area contributed by atoms with Gasteiger partial charge in [0.25, 0.3) is 0 Å². The lowest BCUT2D eigenvalue weighted by atomic mass is 9.79. The third kappa shape index (κ3) is 6.42. The number of carbonyl (C=O) groups is 1. The molecule has 0 bridgehead atoms. The highest BCUT2D eigenvalue weighted by Gasteiger charge is 2.26. The van der Waals surface area contributed by atoms with Crippen molar-refractivity contribution in [1.82, 2.24) is 5.32 Å². The monoisotopic (exact) mass is 268 g/mol. The SMILES string of the molecule is CC(C)C(CC1CCCCC1)C(=O)NCCCCN. The zero-order valence-electron chi connectivity index (χ0n) is 12.8. The highest BCUT2D eigenvalue weighted by Crippen LogP contribution is 2.31. The minimum Gasteiger partial charge on any atom is -0.356 e. The van der Waals surface area contributed by atoms with E-state index in [1.165, 1.54) is 32.1 Å². The number of rotatable bonds is 8. The summed E-state index contributed by atoms with van der Waals surface area (Å²) in [6, 6.07) is 0. The Bertz CT molecular complexity index is 247. The molecular weight excluding hydrogens is 236 g/mol. The van der Waals surface area contributed by atoms with Gasteiger partial charge < -0.3 is 11.1 Å². The lowest BCUT2D eigenvalue weighted by Gasteiger charge is -2.28. The smallest absolute Gasteiger partial charge is 0.223 e. The van der Waals surface area contributed by atoms with Crippen LogP contribution in [0.25, 0.3) is 0 Å². The fraction of sp³-hybridized carbons (Fsp3) is 0.938. The predicted octanol–water partition coefficient (Wildman–Crippen LogP) is 3.08. The topological polar surface area (TPSA) is 55.1 Å². The van der Waals surface area contributed by atoms with Gasteiger partial charge in [0.1, 0.15) is 0 Å². The maximum Gasteiger partial charge on any atom is 0.223 e. The van der Waals surface area contributed by atoms with E-state index in [0.717, 1.165) is 31.7 Å². The highest BCUT2D eigenvalue weighted by atomic mass is 16.1. The molecular formula is C16H32N2O. The summed E-state index contributed by atoms with van der Waals surface area (Å²) >= 11 is 0. The second-order valence-electron chi connectivity index (χ2n) is 6.38. The summed E-state index contributed by atoms with van der Waals surface area (Å²) in [5.41, 5.74) is 5.46. The Hall–Kier alpha value is -0.570. The van der Waals surface area contributed by atoms with Gasteiger partial charge in [-0.05, 0) is 37.6 Å². The van der Waals surface area contributed by atoms with E-state index >= 15 is 0 Å². The lowest BCUT2D eigenvalue weighted by Crippen LogP contribution is -2.35. The van der Waals surface area contributed by atoms with Crippen molar-refractivity contribution in [3.63, 3.8) is 0 Å². The fourth-order valence-electron chi connectivity index (χ4n) is 3.08. The van der Waals surface area contributed by atoms with Gasteiger partial charge in [-0.2, -0.15) is 0 Å². The summed E-state index contributed by atoms with van der Waals surface area (Å²) in [6.45, 7) is 5.84. The summed E-state index contributed by atoms with van der Waals surface area (Å²) in [5.74, 6) is 1.67.